The second-order valence-electron chi connectivity index (χ2n) is 8.50. The lowest BCUT2D eigenvalue weighted by Crippen LogP contribution is -2.48. The average Bonchev–Trinajstić information content (AvgIpc) is 2.82. The first kappa shape index (κ1) is 22.7. The highest BCUT2D eigenvalue weighted by Crippen LogP contribution is 2.20. The summed E-state index contributed by atoms with van der Waals surface area (Å²) < 4.78 is 7.26. The summed E-state index contributed by atoms with van der Waals surface area (Å²) in [7, 11) is 0. The molecule has 1 amide bonds. The van der Waals surface area contributed by atoms with E-state index < -0.39 is 0 Å². The Morgan fingerprint density at radius 1 is 1.12 bits per heavy atom. The standard InChI is InChI=1S/C26H30N4O3/c1-5-28-11-13-29(14-12-28)25(31)20-7-6-8-21(15-20)30-19(4)27-24-10-9-22(33-17-18(2)3)16-23(24)26(30)32/h6-10,15-16H,2,5,11-14,17H2,1,3-4H3. The maximum Gasteiger partial charge on any atom is 0.266 e. The van der Waals surface area contributed by atoms with Gasteiger partial charge < -0.3 is 14.5 Å². The van der Waals surface area contributed by atoms with Crippen LogP contribution in [0.15, 0.2) is 59.4 Å². The van der Waals surface area contributed by atoms with Gasteiger partial charge in [0.1, 0.15) is 18.2 Å². The van der Waals surface area contributed by atoms with Crippen molar-refractivity contribution in [2.24, 2.45) is 0 Å². The number of carbonyl (C=O) groups is 1. The summed E-state index contributed by atoms with van der Waals surface area (Å²) in [5.41, 5.74) is 2.50. The first-order chi connectivity index (χ1) is 15.9. The predicted octanol–water partition coefficient (Wildman–Crippen LogP) is 3.43. The molecule has 0 N–H and O–H groups in total. The molecule has 2 aromatic carbocycles. The largest absolute Gasteiger partial charge is 0.489 e. The van der Waals surface area contributed by atoms with Gasteiger partial charge in [0.2, 0.25) is 0 Å². The highest BCUT2D eigenvalue weighted by Gasteiger charge is 2.22. The third-order valence-corrected chi connectivity index (χ3v) is 5.95. The van der Waals surface area contributed by atoms with E-state index in [1.807, 2.05) is 24.0 Å². The van der Waals surface area contributed by atoms with Crippen molar-refractivity contribution < 1.29 is 9.53 Å². The number of aromatic nitrogens is 2. The van der Waals surface area contributed by atoms with Crippen LogP contribution < -0.4 is 10.3 Å². The number of likely N-dealkylation sites (N-methyl/N-ethyl adjacent to an activating group) is 1. The fraction of sp³-hybridized carbons (Fsp3) is 0.346. The lowest BCUT2D eigenvalue weighted by Gasteiger charge is -2.34. The maximum absolute atomic E-state index is 13.4. The van der Waals surface area contributed by atoms with Gasteiger partial charge in [-0.3, -0.25) is 14.2 Å². The van der Waals surface area contributed by atoms with E-state index in [9.17, 15) is 9.59 Å². The molecule has 0 unspecified atom stereocenters. The van der Waals surface area contributed by atoms with Crippen molar-refractivity contribution in [3.05, 3.63) is 76.4 Å². The second-order valence-corrected chi connectivity index (χ2v) is 8.50. The van der Waals surface area contributed by atoms with E-state index in [2.05, 4.69) is 23.4 Å². The predicted molar refractivity (Wildman–Crippen MR) is 130 cm³/mol. The van der Waals surface area contributed by atoms with Crippen LogP contribution in [-0.4, -0.2) is 64.6 Å². The van der Waals surface area contributed by atoms with E-state index in [0.29, 0.717) is 53.4 Å². The number of fused-ring (bicyclic) bond motifs is 1. The van der Waals surface area contributed by atoms with Crippen LogP contribution in [0.3, 0.4) is 0 Å². The molecule has 7 heteroatoms. The molecule has 1 aliphatic rings. The third-order valence-electron chi connectivity index (χ3n) is 5.95. The van der Waals surface area contributed by atoms with Gasteiger partial charge in [-0.25, -0.2) is 4.98 Å². The van der Waals surface area contributed by atoms with Gasteiger partial charge in [-0.2, -0.15) is 0 Å². The first-order valence-corrected chi connectivity index (χ1v) is 11.3. The van der Waals surface area contributed by atoms with Gasteiger partial charge >= 0.3 is 0 Å². The molecule has 1 aromatic heterocycles. The minimum absolute atomic E-state index is 0.0115. The van der Waals surface area contributed by atoms with Crippen LogP contribution in [-0.2, 0) is 0 Å². The van der Waals surface area contributed by atoms with Gasteiger partial charge in [0.05, 0.1) is 16.6 Å². The second kappa shape index (κ2) is 9.58. The van der Waals surface area contributed by atoms with Crippen LogP contribution in [0.25, 0.3) is 16.6 Å². The summed E-state index contributed by atoms with van der Waals surface area (Å²) in [5.74, 6) is 1.14. The number of amides is 1. The molecule has 0 aliphatic carbocycles. The third kappa shape index (κ3) is 4.83. The molecular formula is C26H30N4O3. The highest BCUT2D eigenvalue weighted by molar-refractivity contribution is 5.95. The van der Waals surface area contributed by atoms with E-state index in [4.69, 9.17) is 4.74 Å². The summed E-state index contributed by atoms with van der Waals surface area (Å²) in [4.78, 5) is 35.4. The number of rotatable bonds is 6. The minimum Gasteiger partial charge on any atom is -0.489 e. The van der Waals surface area contributed by atoms with E-state index >= 15 is 0 Å². The Morgan fingerprint density at radius 2 is 1.88 bits per heavy atom. The maximum atomic E-state index is 13.4. The zero-order valence-corrected chi connectivity index (χ0v) is 19.5. The molecule has 0 spiro atoms. The monoisotopic (exact) mass is 446 g/mol. The van der Waals surface area contributed by atoms with E-state index in [0.717, 1.165) is 25.2 Å². The zero-order chi connectivity index (χ0) is 23.5. The Bertz CT molecular complexity index is 1260. The summed E-state index contributed by atoms with van der Waals surface area (Å²) in [6.07, 6.45) is 0. The molecule has 7 nitrogen and oxygen atoms in total. The van der Waals surface area contributed by atoms with Gasteiger partial charge in [0.25, 0.3) is 11.5 Å². The fourth-order valence-electron chi connectivity index (χ4n) is 4.10. The molecular weight excluding hydrogens is 416 g/mol. The summed E-state index contributed by atoms with van der Waals surface area (Å²) in [5, 5.41) is 0.465. The van der Waals surface area contributed by atoms with Crippen molar-refractivity contribution >= 4 is 16.8 Å². The van der Waals surface area contributed by atoms with E-state index in [1.165, 1.54) is 0 Å². The van der Waals surface area contributed by atoms with Crippen molar-refractivity contribution in [3.63, 3.8) is 0 Å². The fourth-order valence-corrected chi connectivity index (χ4v) is 4.10. The quantitative estimate of drug-likeness (QED) is 0.543. The average molecular weight is 447 g/mol. The lowest BCUT2D eigenvalue weighted by atomic mass is 10.1. The number of benzene rings is 2. The normalized spacial score (nSPS) is 14.5. The molecule has 33 heavy (non-hydrogen) atoms. The Hall–Kier alpha value is -3.45. The summed E-state index contributed by atoms with van der Waals surface area (Å²) in [6.45, 7) is 14.2. The summed E-state index contributed by atoms with van der Waals surface area (Å²) >= 11 is 0. The Kier molecular flexibility index (Phi) is 6.60. The molecule has 0 atom stereocenters. The van der Waals surface area contributed by atoms with Crippen LogP contribution in [0.4, 0.5) is 0 Å². The van der Waals surface area contributed by atoms with Crippen LogP contribution in [0.1, 0.15) is 30.0 Å². The number of hydrogen-bond donors (Lipinski definition) is 0. The zero-order valence-electron chi connectivity index (χ0n) is 19.5. The van der Waals surface area contributed by atoms with Gasteiger partial charge in [0, 0.05) is 31.7 Å². The lowest BCUT2D eigenvalue weighted by molar-refractivity contribution is 0.0643. The molecule has 1 aliphatic heterocycles. The van der Waals surface area contributed by atoms with Crippen molar-refractivity contribution in [2.45, 2.75) is 20.8 Å². The summed E-state index contributed by atoms with van der Waals surface area (Å²) in [6, 6.07) is 12.5. The van der Waals surface area contributed by atoms with Gasteiger partial charge in [-0.15, -0.1) is 0 Å². The number of carbonyl (C=O) groups excluding carboxylic acids is 1. The number of hydrogen-bond acceptors (Lipinski definition) is 5. The van der Waals surface area contributed by atoms with E-state index in [1.54, 1.807) is 41.8 Å². The van der Waals surface area contributed by atoms with Crippen molar-refractivity contribution in [1.82, 2.24) is 19.4 Å². The van der Waals surface area contributed by atoms with Crippen molar-refractivity contribution in [3.8, 4) is 11.4 Å². The molecule has 2 heterocycles. The van der Waals surface area contributed by atoms with Crippen LogP contribution in [0.5, 0.6) is 5.75 Å². The van der Waals surface area contributed by atoms with E-state index in [-0.39, 0.29) is 11.5 Å². The molecule has 172 valence electrons. The number of ether oxygens (including phenoxy) is 1. The van der Waals surface area contributed by atoms with Gasteiger partial charge in [-0.1, -0.05) is 19.6 Å². The SMILES string of the molecule is C=C(C)COc1ccc2nc(C)n(-c3cccc(C(=O)N4CCN(CC)CC4)c3)c(=O)c2c1. The number of piperazine rings is 1. The highest BCUT2D eigenvalue weighted by atomic mass is 16.5. The number of nitrogens with zero attached hydrogens (tertiary/aromatic N) is 4. The number of aryl methyl sites for hydroxylation is 1. The first-order valence-electron chi connectivity index (χ1n) is 11.3. The van der Waals surface area contributed by atoms with Crippen LogP contribution in [0.2, 0.25) is 0 Å². The molecule has 0 saturated carbocycles. The Balaban J connectivity index is 1.68. The Labute approximate surface area is 193 Å². The molecule has 1 fully saturated rings. The van der Waals surface area contributed by atoms with Crippen LogP contribution >= 0.6 is 0 Å². The molecule has 0 bridgehead atoms. The van der Waals surface area contributed by atoms with Crippen molar-refractivity contribution in [2.75, 3.05) is 39.3 Å². The molecule has 0 radical (unpaired) electrons. The van der Waals surface area contributed by atoms with Gasteiger partial charge in [0.15, 0.2) is 0 Å². The smallest absolute Gasteiger partial charge is 0.266 e. The molecule has 1 saturated heterocycles. The Morgan fingerprint density at radius 3 is 2.58 bits per heavy atom. The minimum atomic E-state index is -0.195. The molecule has 3 aromatic rings. The van der Waals surface area contributed by atoms with Crippen LogP contribution in [0, 0.1) is 6.92 Å². The van der Waals surface area contributed by atoms with Gasteiger partial charge in [-0.05, 0) is 62.4 Å². The molecule has 4 rings (SSSR count). The topological polar surface area (TPSA) is 67.7 Å². The van der Waals surface area contributed by atoms with Crippen molar-refractivity contribution in [1.29, 1.82) is 0 Å².